The Morgan fingerprint density at radius 2 is 2.07 bits per heavy atom. The minimum atomic E-state index is -0.437. The van der Waals surface area contributed by atoms with E-state index in [4.69, 9.17) is 13.9 Å². The van der Waals surface area contributed by atoms with Crippen LogP contribution in [0.2, 0.25) is 0 Å². The van der Waals surface area contributed by atoms with Crippen LogP contribution in [0.1, 0.15) is 5.56 Å². The van der Waals surface area contributed by atoms with Crippen molar-refractivity contribution in [2.24, 2.45) is 0 Å². The van der Waals surface area contributed by atoms with E-state index in [1.54, 1.807) is 24.3 Å². The quantitative estimate of drug-likeness (QED) is 0.493. The molecule has 8 heteroatoms. The lowest BCUT2D eigenvalue weighted by Gasteiger charge is -2.06. The first kappa shape index (κ1) is 18.4. The number of carbonyl (C=O) groups excluding carboxylic acids is 1. The number of carbonyl (C=O) groups is 1. The van der Waals surface area contributed by atoms with E-state index in [9.17, 15) is 9.59 Å². The van der Waals surface area contributed by atoms with Gasteiger partial charge in [0.1, 0.15) is 17.1 Å². The molecule has 0 unspecified atom stereocenters. The molecular formula is C22H16N2O5S. The van der Waals surface area contributed by atoms with Crippen molar-refractivity contribution in [1.29, 1.82) is 0 Å². The standard InChI is InChI=1S/C22H16N2O5S/c25-20(11-28-16-4-1-13-3-6-21(26)29-19(13)10-16)24-22-23-17(12-30-22)14-2-5-18-15(9-14)7-8-27-18/h1-6,9-10,12H,7-8,11H2,(H,23,24,25). The first-order valence-electron chi connectivity index (χ1n) is 9.32. The smallest absolute Gasteiger partial charge is 0.336 e. The maximum Gasteiger partial charge on any atom is 0.336 e. The van der Waals surface area contributed by atoms with E-state index in [0.717, 1.165) is 28.8 Å². The molecule has 0 atom stereocenters. The lowest BCUT2D eigenvalue weighted by molar-refractivity contribution is -0.118. The van der Waals surface area contributed by atoms with Crippen molar-refractivity contribution in [2.45, 2.75) is 6.42 Å². The van der Waals surface area contributed by atoms with E-state index in [2.05, 4.69) is 16.4 Å². The van der Waals surface area contributed by atoms with Gasteiger partial charge >= 0.3 is 5.63 Å². The predicted octanol–water partition coefficient (Wildman–Crippen LogP) is 3.87. The minimum Gasteiger partial charge on any atom is -0.493 e. The fourth-order valence-electron chi connectivity index (χ4n) is 3.24. The summed E-state index contributed by atoms with van der Waals surface area (Å²) in [5, 5.41) is 5.93. The lowest BCUT2D eigenvalue weighted by Crippen LogP contribution is -2.20. The number of nitrogens with one attached hydrogen (secondary N) is 1. The van der Waals surface area contributed by atoms with Crippen molar-refractivity contribution < 1.29 is 18.7 Å². The molecular weight excluding hydrogens is 404 g/mol. The van der Waals surface area contributed by atoms with Gasteiger partial charge in [-0.25, -0.2) is 9.78 Å². The third kappa shape index (κ3) is 3.77. The number of hydrogen-bond acceptors (Lipinski definition) is 7. The average Bonchev–Trinajstić information content (AvgIpc) is 3.40. The van der Waals surface area contributed by atoms with Crippen molar-refractivity contribution in [3.8, 4) is 22.8 Å². The lowest BCUT2D eigenvalue weighted by atomic mass is 10.1. The second kappa shape index (κ2) is 7.64. The third-order valence-corrected chi connectivity index (χ3v) is 5.46. The summed E-state index contributed by atoms with van der Waals surface area (Å²) in [6, 6.07) is 14.1. The molecule has 7 nitrogen and oxygen atoms in total. The van der Waals surface area contributed by atoms with Crippen LogP contribution in [0.15, 0.2) is 63.1 Å². The Hall–Kier alpha value is -3.65. The van der Waals surface area contributed by atoms with E-state index in [-0.39, 0.29) is 12.5 Å². The van der Waals surface area contributed by atoms with Gasteiger partial charge in [0, 0.05) is 34.9 Å². The molecule has 1 N–H and O–H groups in total. The van der Waals surface area contributed by atoms with Crippen molar-refractivity contribution in [3.05, 3.63) is 69.9 Å². The van der Waals surface area contributed by atoms with Crippen LogP contribution in [0.4, 0.5) is 5.13 Å². The molecule has 0 spiro atoms. The molecule has 1 aliphatic heterocycles. The molecule has 5 rings (SSSR count). The number of rotatable bonds is 5. The number of fused-ring (bicyclic) bond motifs is 2. The Bertz CT molecular complexity index is 1310. The Labute approximate surface area is 174 Å². The number of amides is 1. The van der Waals surface area contributed by atoms with E-state index in [1.165, 1.54) is 23.0 Å². The molecule has 3 heterocycles. The van der Waals surface area contributed by atoms with Crippen molar-refractivity contribution >= 4 is 33.3 Å². The van der Waals surface area contributed by atoms with Crippen LogP contribution in [-0.4, -0.2) is 24.1 Å². The van der Waals surface area contributed by atoms with E-state index in [1.807, 2.05) is 17.5 Å². The zero-order chi connectivity index (χ0) is 20.5. The predicted molar refractivity (Wildman–Crippen MR) is 113 cm³/mol. The van der Waals surface area contributed by atoms with Crippen molar-refractivity contribution in [3.63, 3.8) is 0 Å². The second-order valence-electron chi connectivity index (χ2n) is 6.75. The highest BCUT2D eigenvalue weighted by molar-refractivity contribution is 7.14. The monoisotopic (exact) mass is 420 g/mol. The van der Waals surface area contributed by atoms with Gasteiger partial charge in [0.15, 0.2) is 11.7 Å². The zero-order valence-corrected chi connectivity index (χ0v) is 16.5. The number of aromatic nitrogens is 1. The number of anilines is 1. The summed E-state index contributed by atoms with van der Waals surface area (Å²) in [6.07, 6.45) is 0.895. The van der Waals surface area contributed by atoms with E-state index >= 15 is 0 Å². The molecule has 0 radical (unpaired) electrons. The maximum absolute atomic E-state index is 12.2. The molecule has 0 bridgehead atoms. The Balaban J connectivity index is 1.22. The fraction of sp³-hybridized carbons (Fsp3) is 0.136. The van der Waals surface area contributed by atoms with Gasteiger partial charge in [-0.1, -0.05) is 0 Å². The van der Waals surface area contributed by atoms with Crippen LogP contribution in [-0.2, 0) is 11.2 Å². The summed E-state index contributed by atoms with van der Waals surface area (Å²) in [4.78, 5) is 28.1. The van der Waals surface area contributed by atoms with Crippen LogP contribution in [0, 0.1) is 0 Å². The van der Waals surface area contributed by atoms with E-state index < -0.39 is 5.63 Å². The van der Waals surface area contributed by atoms with Gasteiger partial charge in [0.05, 0.1) is 12.3 Å². The third-order valence-electron chi connectivity index (χ3n) is 4.70. The van der Waals surface area contributed by atoms with Gasteiger partial charge in [0.2, 0.25) is 0 Å². The van der Waals surface area contributed by atoms with Crippen LogP contribution < -0.4 is 20.4 Å². The SMILES string of the molecule is O=C(COc1ccc2ccc(=O)oc2c1)Nc1nc(-c2ccc3c(c2)CCO3)cs1. The van der Waals surface area contributed by atoms with Gasteiger partial charge in [-0.15, -0.1) is 11.3 Å². The molecule has 0 fully saturated rings. The van der Waals surface area contributed by atoms with Crippen LogP contribution >= 0.6 is 11.3 Å². The normalized spacial score (nSPS) is 12.4. The molecule has 1 amide bonds. The van der Waals surface area contributed by atoms with Crippen LogP contribution in [0.25, 0.3) is 22.2 Å². The molecule has 0 saturated carbocycles. The summed E-state index contributed by atoms with van der Waals surface area (Å²) >= 11 is 1.35. The number of hydrogen-bond donors (Lipinski definition) is 1. The Morgan fingerprint density at radius 1 is 1.17 bits per heavy atom. The first-order chi connectivity index (χ1) is 14.6. The van der Waals surface area contributed by atoms with Gasteiger partial charge in [-0.2, -0.15) is 0 Å². The summed E-state index contributed by atoms with van der Waals surface area (Å²) in [7, 11) is 0. The zero-order valence-electron chi connectivity index (χ0n) is 15.7. The summed E-state index contributed by atoms with van der Waals surface area (Å²) < 4.78 is 16.2. The van der Waals surface area contributed by atoms with E-state index in [0.29, 0.717) is 23.1 Å². The van der Waals surface area contributed by atoms with Crippen LogP contribution in [0.5, 0.6) is 11.5 Å². The molecule has 150 valence electrons. The highest BCUT2D eigenvalue weighted by atomic mass is 32.1. The Morgan fingerprint density at radius 3 is 3.00 bits per heavy atom. The summed E-state index contributed by atoms with van der Waals surface area (Å²) in [5.74, 6) is 1.03. The van der Waals surface area contributed by atoms with Gasteiger partial charge in [0.25, 0.3) is 5.91 Å². The molecule has 0 aliphatic carbocycles. The van der Waals surface area contributed by atoms with Crippen molar-refractivity contribution in [1.82, 2.24) is 4.98 Å². The van der Waals surface area contributed by atoms with Gasteiger partial charge < -0.3 is 13.9 Å². The summed E-state index contributed by atoms with van der Waals surface area (Å²) in [6.45, 7) is 0.522. The topological polar surface area (TPSA) is 90.7 Å². The van der Waals surface area contributed by atoms with Crippen molar-refractivity contribution in [2.75, 3.05) is 18.5 Å². The molecule has 0 saturated heterocycles. The highest BCUT2D eigenvalue weighted by Gasteiger charge is 2.14. The molecule has 4 aromatic rings. The van der Waals surface area contributed by atoms with Gasteiger partial charge in [-0.3, -0.25) is 10.1 Å². The molecule has 2 aromatic carbocycles. The van der Waals surface area contributed by atoms with Crippen LogP contribution in [0.3, 0.4) is 0 Å². The van der Waals surface area contributed by atoms with Gasteiger partial charge in [-0.05, 0) is 42.0 Å². The minimum absolute atomic E-state index is 0.187. The highest BCUT2D eigenvalue weighted by Crippen LogP contribution is 2.32. The Kier molecular flexibility index (Phi) is 4.68. The average molecular weight is 420 g/mol. The number of nitrogens with zero attached hydrogens (tertiary/aromatic N) is 1. The molecule has 1 aliphatic rings. The fourth-order valence-corrected chi connectivity index (χ4v) is 3.98. The number of ether oxygens (including phenoxy) is 2. The first-order valence-corrected chi connectivity index (χ1v) is 10.2. The summed E-state index contributed by atoms with van der Waals surface area (Å²) in [5.41, 5.74) is 2.93. The maximum atomic E-state index is 12.2. The largest absolute Gasteiger partial charge is 0.493 e. The second-order valence-corrected chi connectivity index (χ2v) is 7.61. The number of benzene rings is 2. The number of thiazole rings is 1. The molecule has 2 aromatic heterocycles. The molecule has 30 heavy (non-hydrogen) atoms.